The summed E-state index contributed by atoms with van der Waals surface area (Å²) in [7, 11) is 0. The van der Waals surface area contributed by atoms with Crippen LogP contribution in [0, 0.1) is 0 Å². The molecule has 0 atom stereocenters. The summed E-state index contributed by atoms with van der Waals surface area (Å²) >= 11 is 3.12. The van der Waals surface area contributed by atoms with E-state index in [1.165, 1.54) is 0 Å². The summed E-state index contributed by atoms with van der Waals surface area (Å²) in [4.78, 5) is 23.2. The molecule has 0 fully saturated rings. The Morgan fingerprint density at radius 2 is 1.53 bits per heavy atom. The molecule has 4 nitrogen and oxygen atoms in total. The van der Waals surface area contributed by atoms with Gasteiger partial charge < -0.3 is 9.47 Å². The van der Waals surface area contributed by atoms with E-state index in [1.807, 2.05) is 6.92 Å². The molecule has 0 unspecified atom stereocenters. The Balaban J connectivity index is 4.91. The van der Waals surface area contributed by atoms with Crippen molar-refractivity contribution in [1.82, 2.24) is 0 Å². The van der Waals surface area contributed by atoms with Gasteiger partial charge in [0.1, 0.15) is 4.48 Å². The highest BCUT2D eigenvalue weighted by Crippen LogP contribution is 2.20. The molecule has 0 rings (SSSR count). The molecule has 0 spiro atoms. The standard InChI is InChI=1S/C12H19BrO4/c1-4-7-8-9(11(14)16-5-2)10(13)12(15)17-6-3/h4-8H2,1-3H3. The van der Waals surface area contributed by atoms with Gasteiger partial charge in [-0.05, 0) is 42.6 Å². The second-order valence-corrected chi connectivity index (χ2v) is 4.13. The molecule has 5 heteroatoms. The molecule has 0 aliphatic heterocycles. The van der Waals surface area contributed by atoms with E-state index in [4.69, 9.17) is 9.47 Å². The van der Waals surface area contributed by atoms with Crippen molar-refractivity contribution in [2.45, 2.75) is 40.0 Å². The van der Waals surface area contributed by atoms with Crippen LogP contribution in [-0.2, 0) is 19.1 Å². The molecular formula is C12H19BrO4. The van der Waals surface area contributed by atoms with Gasteiger partial charge >= 0.3 is 11.9 Å². The maximum Gasteiger partial charge on any atom is 0.345 e. The molecule has 98 valence electrons. The number of hydrogen-bond donors (Lipinski definition) is 0. The number of carbonyl (C=O) groups excluding carboxylic acids is 2. The van der Waals surface area contributed by atoms with E-state index in [0.29, 0.717) is 12.0 Å². The summed E-state index contributed by atoms with van der Waals surface area (Å²) < 4.78 is 9.93. The largest absolute Gasteiger partial charge is 0.463 e. The fourth-order valence-corrected chi connectivity index (χ4v) is 1.67. The van der Waals surface area contributed by atoms with E-state index in [2.05, 4.69) is 15.9 Å². The van der Waals surface area contributed by atoms with E-state index in [-0.39, 0.29) is 17.7 Å². The molecule has 0 aromatic heterocycles. The van der Waals surface area contributed by atoms with E-state index >= 15 is 0 Å². The van der Waals surface area contributed by atoms with Gasteiger partial charge in [-0.15, -0.1) is 0 Å². The number of carbonyl (C=O) groups is 2. The Morgan fingerprint density at radius 1 is 1.00 bits per heavy atom. The minimum absolute atomic E-state index is 0.172. The Hall–Kier alpha value is -0.840. The third kappa shape index (κ3) is 5.86. The predicted molar refractivity (Wildman–Crippen MR) is 68.7 cm³/mol. The molecule has 0 radical (unpaired) electrons. The van der Waals surface area contributed by atoms with Crippen LogP contribution in [0.4, 0.5) is 0 Å². The SMILES string of the molecule is CCCCC(C(=O)OCC)=C(Br)C(=O)OCC. The molecule has 17 heavy (non-hydrogen) atoms. The monoisotopic (exact) mass is 306 g/mol. The first kappa shape index (κ1) is 16.2. The van der Waals surface area contributed by atoms with Crippen LogP contribution >= 0.6 is 15.9 Å². The summed E-state index contributed by atoms with van der Waals surface area (Å²) in [5.74, 6) is -0.979. The molecule has 0 bridgehead atoms. The molecule has 0 aliphatic carbocycles. The Morgan fingerprint density at radius 3 is 2.00 bits per heavy atom. The van der Waals surface area contributed by atoms with Gasteiger partial charge in [-0.2, -0.15) is 0 Å². The average molecular weight is 307 g/mol. The van der Waals surface area contributed by atoms with Crippen molar-refractivity contribution in [1.29, 1.82) is 0 Å². The molecule has 0 N–H and O–H groups in total. The maximum atomic E-state index is 11.7. The minimum Gasteiger partial charge on any atom is -0.463 e. The lowest BCUT2D eigenvalue weighted by Gasteiger charge is -2.09. The number of hydrogen-bond acceptors (Lipinski definition) is 4. The second kappa shape index (κ2) is 9.22. The topological polar surface area (TPSA) is 52.6 Å². The van der Waals surface area contributed by atoms with Crippen molar-refractivity contribution in [2.24, 2.45) is 0 Å². The van der Waals surface area contributed by atoms with Crippen molar-refractivity contribution in [3.05, 3.63) is 10.1 Å². The maximum absolute atomic E-state index is 11.7. The number of unbranched alkanes of at least 4 members (excludes halogenated alkanes) is 1. The molecule has 0 amide bonds. The van der Waals surface area contributed by atoms with Gasteiger partial charge in [0.2, 0.25) is 0 Å². The van der Waals surface area contributed by atoms with E-state index in [9.17, 15) is 9.59 Å². The summed E-state index contributed by atoms with van der Waals surface area (Å²) in [6, 6.07) is 0. The van der Waals surface area contributed by atoms with Crippen molar-refractivity contribution in [2.75, 3.05) is 13.2 Å². The van der Waals surface area contributed by atoms with Crippen LogP contribution in [0.15, 0.2) is 10.1 Å². The molecule has 0 aromatic rings. The van der Waals surface area contributed by atoms with Crippen LogP contribution in [0.25, 0.3) is 0 Å². The zero-order valence-electron chi connectivity index (χ0n) is 10.5. The van der Waals surface area contributed by atoms with E-state index in [0.717, 1.165) is 12.8 Å². The lowest BCUT2D eigenvalue weighted by molar-refractivity contribution is -0.141. The van der Waals surface area contributed by atoms with Gasteiger partial charge in [0.05, 0.1) is 18.8 Å². The summed E-state index contributed by atoms with van der Waals surface area (Å²) in [5.41, 5.74) is 0.354. The van der Waals surface area contributed by atoms with Crippen LogP contribution in [0.3, 0.4) is 0 Å². The van der Waals surface area contributed by atoms with Gasteiger partial charge in [-0.3, -0.25) is 0 Å². The Bertz CT molecular complexity index is 297. The quantitative estimate of drug-likeness (QED) is 0.536. The fraction of sp³-hybridized carbons (Fsp3) is 0.667. The summed E-state index contributed by atoms with van der Waals surface area (Å²) in [6.07, 6.45) is 2.27. The van der Waals surface area contributed by atoms with E-state index < -0.39 is 11.9 Å². The van der Waals surface area contributed by atoms with Gasteiger partial charge in [-0.25, -0.2) is 9.59 Å². The highest BCUT2D eigenvalue weighted by molar-refractivity contribution is 9.12. The number of rotatable bonds is 7. The fourth-order valence-electron chi connectivity index (χ4n) is 1.19. The summed E-state index contributed by atoms with van der Waals surface area (Å²) in [5, 5.41) is 0. The molecule has 0 heterocycles. The highest BCUT2D eigenvalue weighted by Gasteiger charge is 2.20. The Kier molecular flexibility index (Phi) is 8.76. The summed E-state index contributed by atoms with van der Waals surface area (Å²) in [6.45, 7) is 6.03. The zero-order chi connectivity index (χ0) is 13.3. The van der Waals surface area contributed by atoms with Crippen molar-refractivity contribution in [3.8, 4) is 0 Å². The van der Waals surface area contributed by atoms with E-state index in [1.54, 1.807) is 13.8 Å². The van der Waals surface area contributed by atoms with Crippen LogP contribution in [0.5, 0.6) is 0 Å². The molecule has 0 aromatic carbocycles. The third-order valence-electron chi connectivity index (χ3n) is 2.02. The normalized spacial score (nSPS) is 11.8. The van der Waals surface area contributed by atoms with Gasteiger partial charge in [0.15, 0.2) is 0 Å². The first-order valence-electron chi connectivity index (χ1n) is 5.81. The predicted octanol–water partition coefficient (Wildman–Crippen LogP) is 2.95. The zero-order valence-corrected chi connectivity index (χ0v) is 12.1. The number of esters is 2. The average Bonchev–Trinajstić information content (AvgIpc) is 2.30. The van der Waals surface area contributed by atoms with Gasteiger partial charge in [0.25, 0.3) is 0 Å². The van der Waals surface area contributed by atoms with Crippen molar-refractivity contribution in [3.63, 3.8) is 0 Å². The first-order valence-corrected chi connectivity index (χ1v) is 6.60. The number of ether oxygens (including phenoxy) is 2. The molecular weight excluding hydrogens is 288 g/mol. The first-order chi connectivity index (χ1) is 8.08. The van der Waals surface area contributed by atoms with Gasteiger partial charge in [0, 0.05) is 0 Å². The smallest absolute Gasteiger partial charge is 0.345 e. The molecule has 0 saturated carbocycles. The van der Waals surface area contributed by atoms with Crippen LogP contribution in [0.2, 0.25) is 0 Å². The van der Waals surface area contributed by atoms with Crippen molar-refractivity contribution >= 4 is 27.9 Å². The second-order valence-electron chi connectivity index (χ2n) is 3.34. The molecule has 0 saturated heterocycles. The Labute approximate surface area is 110 Å². The highest BCUT2D eigenvalue weighted by atomic mass is 79.9. The van der Waals surface area contributed by atoms with Crippen LogP contribution < -0.4 is 0 Å². The number of halogens is 1. The van der Waals surface area contributed by atoms with Crippen LogP contribution in [-0.4, -0.2) is 25.2 Å². The lowest BCUT2D eigenvalue weighted by atomic mass is 10.1. The lowest BCUT2D eigenvalue weighted by Crippen LogP contribution is -2.14. The van der Waals surface area contributed by atoms with Gasteiger partial charge in [-0.1, -0.05) is 13.3 Å². The van der Waals surface area contributed by atoms with Crippen molar-refractivity contribution < 1.29 is 19.1 Å². The minimum atomic E-state index is -0.522. The molecule has 0 aliphatic rings. The third-order valence-corrected chi connectivity index (χ3v) is 2.82. The van der Waals surface area contributed by atoms with Crippen LogP contribution in [0.1, 0.15) is 40.0 Å².